The van der Waals surface area contributed by atoms with E-state index in [-0.39, 0.29) is 11.4 Å². The lowest BCUT2D eigenvalue weighted by atomic mass is 10.1. The summed E-state index contributed by atoms with van der Waals surface area (Å²) >= 11 is 5.37. The Morgan fingerprint density at radius 3 is 1.17 bits per heavy atom. The summed E-state index contributed by atoms with van der Waals surface area (Å²) in [7, 11) is 7.36. The zero-order valence-electron chi connectivity index (χ0n) is 28.9. The van der Waals surface area contributed by atoms with Gasteiger partial charge in [-0.3, -0.25) is 4.79 Å². The van der Waals surface area contributed by atoms with Crippen LogP contribution in [0.3, 0.4) is 0 Å². The number of ether oxygens (including phenoxy) is 2. The van der Waals surface area contributed by atoms with Crippen molar-refractivity contribution in [3.05, 3.63) is 121 Å². The van der Waals surface area contributed by atoms with Gasteiger partial charge in [0.15, 0.2) is 11.6 Å². The number of aromatic nitrogens is 6. The van der Waals surface area contributed by atoms with Gasteiger partial charge in [0, 0.05) is 38.1 Å². The maximum Gasteiger partial charge on any atom is 0.499 e. The second kappa shape index (κ2) is 19.1. The summed E-state index contributed by atoms with van der Waals surface area (Å²) < 4.78 is 144. The molecular formula is C34H19Cl3F10N6O6S. The van der Waals surface area contributed by atoms with Crippen molar-refractivity contribution in [1.82, 2.24) is 29.5 Å². The molecule has 0 radical (unpaired) electrons. The molecule has 6 aromatic rings. The smallest absolute Gasteiger partial charge is 0.478 e. The third-order valence-electron chi connectivity index (χ3n) is 7.10. The van der Waals surface area contributed by atoms with Gasteiger partial charge in [-0.15, -0.1) is 10.2 Å². The Morgan fingerprint density at radius 1 is 0.567 bits per heavy atom. The van der Waals surface area contributed by atoms with E-state index in [1.165, 1.54) is 82.7 Å². The van der Waals surface area contributed by atoms with Gasteiger partial charge < -0.3 is 14.6 Å². The lowest BCUT2D eigenvalue weighted by Crippen LogP contribution is -2.41. The number of aromatic carboxylic acids is 1. The molecule has 0 bridgehead atoms. The second-order valence-electron chi connectivity index (χ2n) is 11.2. The third kappa shape index (κ3) is 12.6. The first kappa shape index (κ1) is 46.9. The number of alkyl halides is 10. The molecule has 0 aliphatic carbocycles. The maximum absolute atomic E-state index is 12.9. The summed E-state index contributed by atoms with van der Waals surface area (Å²) in [6.45, 7) is 0. The first-order valence-corrected chi connectivity index (χ1v) is 18.7. The van der Waals surface area contributed by atoms with E-state index in [1.807, 2.05) is 0 Å². The second-order valence-corrected chi connectivity index (χ2v) is 14.0. The van der Waals surface area contributed by atoms with Crippen molar-refractivity contribution in [1.29, 1.82) is 0 Å². The van der Waals surface area contributed by atoms with Gasteiger partial charge in [-0.1, -0.05) is 24.3 Å². The lowest BCUT2D eigenvalue weighted by molar-refractivity contribution is -0.360. The highest BCUT2D eigenvalue weighted by Gasteiger charge is 2.62. The molecule has 26 heteroatoms. The van der Waals surface area contributed by atoms with E-state index in [1.54, 1.807) is 12.1 Å². The summed E-state index contributed by atoms with van der Waals surface area (Å²) in [5.74, 6) is -1.84. The highest BCUT2D eigenvalue weighted by Crippen LogP contribution is 2.38. The largest absolute Gasteiger partial charge is 0.499 e. The summed E-state index contributed by atoms with van der Waals surface area (Å²) in [5.41, 5.74) is 2.21. The number of carbonyl (C=O) groups excluding carboxylic acids is 1. The molecule has 2 heterocycles. The molecule has 0 fully saturated rings. The highest BCUT2D eigenvalue weighted by atomic mass is 36.0. The molecule has 0 atom stereocenters. The van der Waals surface area contributed by atoms with E-state index in [4.69, 9.17) is 20.9 Å². The molecule has 0 spiro atoms. The first-order valence-electron chi connectivity index (χ1n) is 15.6. The fourth-order valence-corrected chi connectivity index (χ4v) is 4.42. The Labute approximate surface area is 345 Å². The number of carboxylic acid groups (broad SMARTS) is 1. The summed E-state index contributed by atoms with van der Waals surface area (Å²) in [6, 6.07) is 20.7. The zero-order chi connectivity index (χ0) is 44.6. The molecule has 0 aliphatic heterocycles. The number of carboxylic acids is 1. The molecule has 0 aliphatic rings. The van der Waals surface area contributed by atoms with Gasteiger partial charge in [0.05, 0.1) is 16.9 Å². The first-order chi connectivity index (χ1) is 27.9. The number of rotatable bonds is 10. The van der Waals surface area contributed by atoms with Gasteiger partial charge in [-0.05, 0) is 84.4 Å². The Bertz CT molecular complexity index is 2250. The van der Waals surface area contributed by atoms with Crippen LogP contribution in [-0.2, 0) is 9.23 Å². The Morgan fingerprint density at radius 2 is 0.883 bits per heavy atom. The van der Waals surface area contributed by atoms with Crippen molar-refractivity contribution >= 4 is 53.4 Å². The normalized spacial score (nSPS) is 11.8. The molecule has 0 unspecified atom stereocenters. The SMILES string of the molecule is O=C(Cl)c1ccc(-c2ncn(-c3ccc(OC(F)(F)C(F)(F)F)cc3)n2)cc1.O=C(O)c1ccc(-c2ncn(-c3ccc(OC(F)(F)C(F)(F)F)cc3)n2)cc1.O=S(Cl)Cl. The van der Waals surface area contributed by atoms with E-state index in [9.17, 15) is 53.5 Å². The van der Waals surface area contributed by atoms with Crippen LogP contribution < -0.4 is 9.47 Å². The predicted molar refractivity (Wildman–Crippen MR) is 194 cm³/mol. The molecule has 2 aromatic heterocycles. The minimum atomic E-state index is -5.83. The average Bonchev–Trinajstić information content (AvgIpc) is 3.86. The zero-order valence-corrected chi connectivity index (χ0v) is 32.0. The van der Waals surface area contributed by atoms with Crippen molar-refractivity contribution in [2.75, 3.05) is 0 Å². The quantitative estimate of drug-likeness (QED) is 0.104. The standard InChI is InChI=1S/C17H9ClF5N3O2.C17H10F5N3O3.Cl2OS/c18-14(27)10-1-3-11(4-2-10)15-24-9-26(25-15)12-5-7-13(8-6-12)28-17(22,23)16(19,20)21;18-16(19,20)17(21,22)28-13-7-5-12(6-8-13)25-9-23-14(24-25)10-1-3-11(4-2-10)15(26)27;1-4(2)3/h1-9H;1-9H,(H,26,27);. The maximum atomic E-state index is 12.9. The van der Waals surface area contributed by atoms with Gasteiger partial charge in [-0.25, -0.2) is 28.3 Å². The number of hydrogen-bond acceptors (Lipinski definition) is 9. The van der Waals surface area contributed by atoms with Gasteiger partial charge >= 0.3 is 30.5 Å². The predicted octanol–water partition coefficient (Wildman–Crippen LogP) is 10.1. The van der Waals surface area contributed by atoms with Crippen LogP contribution in [0.2, 0.25) is 0 Å². The van der Waals surface area contributed by atoms with Crippen LogP contribution in [0, 0.1) is 0 Å². The van der Waals surface area contributed by atoms with Crippen molar-refractivity contribution in [3.8, 4) is 45.6 Å². The number of benzene rings is 4. The molecule has 1 N–H and O–H groups in total. The number of nitrogens with zero attached hydrogens (tertiary/aromatic N) is 6. The molecular weight excluding hydrogens is 917 g/mol. The van der Waals surface area contributed by atoms with Gasteiger partial charge in [0.2, 0.25) is 9.23 Å². The molecule has 0 amide bonds. The van der Waals surface area contributed by atoms with Crippen LogP contribution >= 0.6 is 33.0 Å². The van der Waals surface area contributed by atoms with Crippen molar-refractivity contribution in [3.63, 3.8) is 0 Å². The fourth-order valence-electron chi connectivity index (χ4n) is 4.30. The monoisotopic (exact) mass is 934 g/mol. The van der Waals surface area contributed by atoms with E-state index < -0.39 is 56.5 Å². The van der Waals surface area contributed by atoms with E-state index in [0.717, 1.165) is 24.3 Å². The Kier molecular flexibility index (Phi) is 14.9. The minimum absolute atomic E-state index is 0.0921. The average molecular weight is 936 g/mol. The van der Waals surface area contributed by atoms with Crippen LogP contribution in [0.5, 0.6) is 11.5 Å². The van der Waals surface area contributed by atoms with Crippen molar-refractivity contribution in [2.45, 2.75) is 24.6 Å². The van der Waals surface area contributed by atoms with Crippen LogP contribution in [0.25, 0.3) is 34.2 Å². The number of hydrogen-bond donors (Lipinski definition) is 1. The molecule has 12 nitrogen and oxygen atoms in total. The van der Waals surface area contributed by atoms with E-state index >= 15 is 0 Å². The van der Waals surface area contributed by atoms with E-state index in [2.05, 4.69) is 51.0 Å². The minimum Gasteiger partial charge on any atom is -0.478 e. The summed E-state index contributed by atoms with van der Waals surface area (Å²) in [6.07, 6.45) is -19.6. The lowest BCUT2D eigenvalue weighted by Gasteiger charge is -2.20. The Balaban J connectivity index is 0.000000243. The fraction of sp³-hybridized carbons (Fsp3) is 0.118. The van der Waals surface area contributed by atoms with Crippen LogP contribution in [-0.4, -0.2) is 74.6 Å². The molecule has 318 valence electrons. The van der Waals surface area contributed by atoms with Crippen LogP contribution in [0.15, 0.2) is 110 Å². The van der Waals surface area contributed by atoms with Gasteiger partial charge in [-0.2, -0.15) is 43.9 Å². The molecule has 6 rings (SSSR count). The number of carbonyl (C=O) groups is 2. The molecule has 0 saturated heterocycles. The molecule has 0 saturated carbocycles. The Hall–Kier alpha value is -5.78. The topological polar surface area (TPSA) is 151 Å². The summed E-state index contributed by atoms with van der Waals surface area (Å²) in [5, 5.41) is 16.6. The van der Waals surface area contributed by atoms with Crippen molar-refractivity contribution in [2.24, 2.45) is 0 Å². The summed E-state index contributed by atoms with van der Waals surface area (Å²) in [4.78, 5) is 30.1. The van der Waals surface area contributed by atoms with Gasteiger partial charge in [0.25, 0.3) is 5.24 Å². The van der Waals surface area contributed by atoms with Crippen LogP contribution in [0.1, 0.15) is 20.7 Å². The van der Waals surface area contributed by atoms with E-state index in [0.29, 0.717) is 33.9 Å². The van der Waals surface area contributed by atoms with Crippen LogP contribution in [0.4, 0.5) is 43.9 Å². The number of halogens is 13. The third-order valence-corrected chi connectivity index (χ3v) is 7.32. The molecule has 4 aromatic carbocycles. The highest BCUT2D eigenvalue weighted by molar-refractivity contribution is 8.26. The van der Waals surface area contributed by atoms with Gasteiger partial charge in [0.1, 0.15) is 24.2 Å². The molecule has 60 heavy (non-hydrogen) atoms. The van der Waals surface area contributed by atoms with Crippen molar-refractivity contribution < 1.29 is 72.3 Å².